The predicted octanol–water partition coefficient (Wildman–Crippen LogP) is 1.91. The van der Waals surface area contributed by atoms with Crippen LogP contribution in [0.5, 0.6) is 0 Å². The van der Waals surface area contributed by atoms with Crippen LogP contribution < -0.4 is 15.6 Å². The maximum Gasteiger partial charge on any atom is 0.247 e. The minimum atomic E-state index is -0.0663. The van der Waals surface area contributed by atoms with Crippen LogP contribution in [0.4, 0.5) is 11.8 Å². The van der Waals surface area contributed by atoms with Gasteiger partial charge in [-0.05, 0) is 25.0 Å². The molecule has 5 rings (SSSR count). The van der Waals surface area contributed by atoms with Gasteiger partial charge in [0.1, 0.15) is 5.82 Å². The third kappa shape index (κ3) is 5.04. The number of hydrogen-bond acceptors (Lipinski definition) is 8. The fraction of sp³-hybridized carbons (Fsp3) is 0.417. The molecule has 3 aliphatic rings. The van der Waals surface area contributed by atoms with Crippen LogP contribution in [-0.4, -0.2) is 67.6 Å². The third-order valence-electron chi connectivity index (χ3n) is 5.98. The maximum absolute atomic E-state index is 12.8. The van der Waals surface area contributed by atoms with Crippen LogP contribution in [0.3, 0.4) is 0 Å². The molecule has 2 aliphatic heterocycles. The minimum Gasteiger partial charge on any atom is -0.379 e. The first kappa shape index (κ1) is 21.5. The molecule has 3 heterocycles. The van der Waals surface area contributed by atoms with E-state index in [-0.39, 0.29) is 11.9 Å². The zero-order chi connectivity index (χ0) is 22.6. The Morgan fingerprint density at radius 1 is 1.21 bits per heavy atom. The van der Waals surface area contributed by atoms with Crippen molar-refractivity contribution in [3.63, 3.8) is 0 Å². The SMILES string of the molecule is Cc1cccc(/C=N/Nc2nc3c(c(N4CCOCC4)n2)CC(C(=O)NC2CCOC2)=C3)c1. The van der Waals surface area contributed by atoms with Crippen molar-refractivity contribution in [2.75, 3.05) is 49.8 Å². The summed E-state index contributed by atoms with van der Waals surface area (Å²) in [6.45, 7) is 6.09. The van der Waals surface area contributed by atoms with Crippen LogP contribution in [0.15, 0.2) is 34.9 Å². The number of nitrogens with one attached hydrogen (secondary N) is 2. The first-order valence-corrected chi connectivity index (χ1v) is 11.3. The fourth-order valence-electron chi connectivity index (χ4n) is 4.26. The van der Waals surface area contributed by atoms with Crippen molar-refractivity contribution in [2.24, 2.45) is 5.10 Å². The Hall–Kier alpha value is -3.30. The number of hydrogen-bond donors (Lipinski definition) is 2. The number of anilines is 2. The Bertz CT molecular complexity index is 1090. The summed E-state index contributed by atoms with van der Waals surface area (Å²) in [7, 11) is 0. The van der Waals surface area contributed by atoms with Gasteiger partial charge in [0.2, 0.25) is 11.9 Å². The van der Waals surface area contributed by atoms with E-state index in [2.05, 4.69) is 31.8 Å². The maximum atomic E-state index is 12.8. The molecule has 0 radical (unpaired) electrons. The monoisotopic (exact) mass is 448 g/mol. The van der Waals surface area contributed by atoms with Crippen molar-refractivity contribution in [3.05, 3.63) is 52.2 Å². The highest BCUT2D eigenvalue weighted by atomic mass is 16.5. The average molecular weight is 449 g/mol. The van der Waals surface area contributed by atoms with Crippen molar-refractivity contribution < 1.29 is 14.3 Å². The van der Waals surface area contributed by atoms with Gasteiger partial charge in [-0.2, -0.15) is 10.1 Å². The molecule has 2 N–H and O–H groups in total. The smallest absolute Gasteiger partial charge is 0.247 e. The van der Waals surface area contributed by atoms with Crippen LogP contribution >= 0.6 is 0 Å². The number of nitrogens with zero attached hydrogens (tertiary/aromatic N) is 4. The third-order valence-corrected chi connectivity index (χ3v) is 5.98. The number of carbonyl (C=O) groups is 1. The summed E-state index contributed by atoms with van der Waals surface area (Å²) in [5.41, 5.74) is 7.55. The number of aryl methyl sites for hydroxylation is 1. The number of benzene rings is 1. The molecule has 0 bridgehead atoms. The van der Waals surface area contributed by atoms with E-state index in [1.54, 1.807) is 6.21 Å². The summed E-state index contributed by atoms with van der Waals surface area (Å²) in [6.07, 6.45) is 4.96. The lowest BCUT2D eigenvalue weighted by Gasteiger charge is -2.29. The zero-order valence-electron chi connectivity index (χ0n) is 18.7. The lowest BCUT2D eigenvalue weighted by Crippen LogP contribution is -2.38. The molecule has 1 aliphatic carbocycles. The molecule has 9 heteroatoms. The van der Waals surface area contributed by atoms with Gasteiger partial charge in [0, 0.05) is 37.3 Å². The van der Waals surface area contributed by atoms with E-state index in [0.717, 1.165) is 42.1 Å². The van der Waals surface area contributed by atoms with Gasteiger partial charge >= 0.3 is 0 Å². The summed E-state index contributed by atoms with van der Waals surface area (Å²) < 4.78 is 10.9. The minimum absolute atomic E-state index is 0.0663. The summed E-state index contributed by atoms with van der Waals surface area (Å²) in [5.74, 6) is 1.17. The first-order valence-electron chi connectivity index (χ1n) is 11.3. The van der Waals surface area contributed by atoms with E-state index in [9.17, 15) is 4.79 Å². The quantitative estimate of drug-likeness (QED) is 0.514. The highest BCUT2D eigenvalue weighted by molar-refractivity contribution is 6.00. The van der Waals surface area contributed by atoms with Crippen molar-refractivity contribution in [1.29, 1.82) is 0 Å². The number of ether oxygens (including phenoxy) is 2. The largest absolute Gasteiger partial charge is 0.379 e. The van der Waals surface area contributed by atoms with Crippen LogP contribution in [0, 0.1) is 6.92 Å². The highest BCUT2D eigenvalue weighted by Crippen LogP contribution is 2.32. The summed E-state index contributed by atoms with van der Waals surface area (Å²) >= 11 is 0. The second kappa shape index (κ2) is 9.68. The molecular weight excluding hydrogens is 420 g/mol. The van der Waals surface area contributed by atoms with Gasteiger partial charge in [-0.15, -0.1) is 0 Å². The lowest BCUT2D eigenvalue weighted by molar-refractivity contribution is -0.118. The summed E-state index contributed by atoms with van der Waals surface area (Å²) in [6, 6.07) is 8.15. The molecule has 2 saturated heterocycles. The number of aromatic nitrogens is 2. The molecule has 0 spiro atoms. The summed E-state index contributed by atoms with van der Waals surface area (Å²) in [4.78, 5) is 24.4. The van der Waals surface area contributed by atoms with Gasteiger partial charge in [0.05, 0.1) is 37.8 Å². The number of rotatable bonds is 6. The van der Waals surface area contributed by atoms with Crippen molar-refractivity contribution >= 4 is 30.0 Å². The first-order chi connectivity index (χ1) is 16.2. The molecule has 172 valence electrons. The number of hydrazone groups is 1. The standard InChI is InChI=1S/C24H28N6O3/c1-16-3-2-4-17(11-16)14-25-29-24-27-21-13-18(23(31)26-19-5-8-33-15-19)12-20(21)22(28-24)30-6-9-32-10-7-30/h2-4,11,13-14,19H,5-10,12,15H2,1H3,(H,26,31)(H,27,28,29)/b25-14+. The van der Waals surface area contributed by atoms with Gasteiger partial charge < -0.3 is 19.7 Å². The van der Waals surface area contributed by atoms with E-state index < -0.39 is 0 Å². The molecule has 2 fully saturated rings. The normalized spacial score (nSPS) is 20.1. The average Bonchev–Trinajstić information content (AvgIpc) is 3.49. The lowest BCUT2D eigenvalue weighted by atomic mass is 10.1. The van der Waals surface area contributed by atoms with E-state index in [1.165, 1.54) is 5.56 Å². The molecule has 33 heavy (non-hydrogen) atoms. The molecule has 0 saturated carbocycles. The van der Waals surface area contributed by atoms with E-state index in [1.807, 2.05) is 31.2 Å². The second-order valence-electron chi connectivity index (χ2n) is 8.50. The van der Waals surface area contributed by atoms with Gasteiger partial charge in [0.15, 0.2) is 0 Å². The van der Waals surface area contributed by atoms with Crippen LogP contribution in [0.1, 0.15) is 28.8 Å². The van der Waals surface area contributed by atoms with Crippen molar-refractivity contribution in [2.45, 2.75) is 25.8 Å². The number of amides is 1. The number of carbonyl (C=O) groups excluding carboxylic acids is 1. The second-order valence-corrected chi connectivity index (χ2v) is 8.50. The van der Waals surface area contributed by atoms with Crippen molar-refractivity contribution in [3.8, 4) is 0 Å². The van der Waals surface area contributed by atoms with Gasteiger partial charge in [-0.25, -0.2) is 10.4 Å². The van der Waals surface area contributed by atoms with Crippen LogP contribution in [0.2, 0.25) is 0 Å². The van der Waals surface area contributed by atoms with Crippen molar-refractivity contribution in [1.82, 2.24) is 15.3 Å². The predicted molar refractivity (Wildman–Crippen MR) is 127 cm³/mol. The highest BCUT2D eigenvalue weighted by Gasteiger charge is 2.29. The van der Waals surface area contributed by atoms with E-state index in [0.29, 0.717) is 44.4 Å². The Morgan fingerprint density at radius 3 is 2.88 bits per heavy atom. The molecule has 1 aromatic heterocycles. The fourth-order valence-corrected chi connectivity index (χ4v) is 4.26. The number of fused-ring (bicyclic) bond motifs is 1. The molecule has 1 aromatic carbocycles. The van der Waals surface area contributed by atoms with E-state index in [4.69, 9.17) is 14.5 Å². The Morgan fingerprint density at radius 2 is 2.09 bits per heavy atom. The van der Waals surface area contributed by atoms with Gasteiger partial charge in [0.25, 0.3) is 0 Å². The molecule has 1 amide bonds. The topological polar surface area (TPSA) is 101 Å². The van der Waals surface area contributed by atoms with Crippen LogP contribution in [0.25, 0.3) is 6.08 Å². The Labute approximate surface area is 192 Å². The molecule has 1 unspecified atom stereocenters. The summed E-state index contributed by atoms with van der Waals surface area (Å²) in [5, 5.41) is 7.40. The molecule has 1 atom stereocenters. The zero-order valence-corrected chi connectivity index (χ0v) is 18.7. The van der Waals surface area contributed by atoms with Gasteiger partial charge in [-0.1, -0.05) is 29.8 Å². The van der Waals surface area contributed by atoms with Crippen LogP contribution in [-0.2, 0) is 20.7 Å². The Balaban J connectivity index is 1.38. The van der Waals surface area contributed by atoms with Gasteiger partial charge in [-0.3, -0.25) is 4.79 Å². The Kier molecular flexibility index (Phi) is 6.32. The molecule has 2 aromatic rings. The molecule has 9 nitrogen and oxygen atoms in total. The van der Waals surface area contributed by atoms with E-state index >= 15 is 0 Å². The molecular formula is C24H28N6O3. The number of morpholine rings is 1.